The largest absolute Gasteiger partial charge is 0.480 e. The van der Waals surface area contributed by atoms with Gasteiger partial charge in [-0.25, -0.2) is 4.39 Å². The Morgan fingerprint density at radius 3 is 2.79 bits per heavy atom. The van der Waals surface area contributed by atoms with E-state index >= 15 is 0 Å². The Morgan fingerprint density at radius 1 is 1.33 bits per heavy atom. The van der Waals surface area contributed by atoms with Gasteiger partial charge in [0.05, 0.1) is 12.6 Å². The fourth-order valence-electron chi connectivity index (χ4n) is 4.04. The van der Waals surface area contributed by atoms with E-state index in [9.17, 15) is 14.0 Å². The number of ether oxygens (including phenoxy) is 1. The van der Waals surface area contributed by atoms with Crippen LogP contribution in [0.3, 0.4) is 0 Å². The van der Waals surface area contributed by atoms with E-state index in [0.29, 0.717) is 19.6 Å². The monoisotopic (exact) mass is 336 g/mol. The van der Waals surface area contributed by atoms with Crippen LogP contribution in [-0.4, -0.2) is 66.7 Å². The standard InChI is InChI=1S/C17H21FN2O4/c1-24-10-15(21)20-7-12-6-19(9-16(22)23)8-14(12)17(20)11-3-2-4-13(18)5-11/h2-5,12,14,17H,6-10H2,1H3,(H,22,23)/t12-,14-,17+/m1/s1. The molecule has 130 valence electrons. The third-order valence-electron chi connectivity index (χ3n) is 4.88. The molecule has 6 nitrogen and oxygen atoms in total. The van der Waals surface area contributed by atoms with E-state index in [1.165, 1.54) is 19.2 Å². The van der Waals surface area contributed by atoms with E-state index in [2.05, 4.69) is 0 Å². The summed E-state index contributed by atoms with van der Waals surface area (Å²) in [6.07, 6.45) is 0. The predicted octanol–water partition coefficient (Wildman–Crippen LogP) is 0.988. The molecule has 2 fully saturated rings. The maximum atomic E-state index is 13.7. The zero-order valence-electron chi connectivity index (χ0n) is 13.5. The quantitative estimate of drug-likeness (QED) is 0.868. The maximum Gasteiger partial charge on any atom is 0.317 e. The van der Waals surface area contributed by atoms with Crippen molar-refractivity contribution in [1.29, 1.82) is 0 Å². The maximum absolute atomic E-state index is 13.7. The van der Waals surface area contributed by atoms with Gasteiger partial charge < -0.3 is 14.7 Å². The molecule has 24 heavy (non-hydrogen) atoms. The summed E-state index contributed by atoms with van der Waals surface area (Å²) in [5, 5.41) is 8.99. The number of carbonyl (C=O) groups excluding carboxylic acids is 1. The Hall–Kier alpha value is -1.99. The normalized spacial score (nSPS) is 26.6. The molecule has 0 spiro atoms. The first-order chi connectivity index (χ1) is 11.5. The molecule has 0 aliphatic carbocycles. The summed E-state index contributed by atoms with van der Waals surface area (Å²) in [4.78, 5) is 27.0. The topological polar surface area (TPSA) is 70.1 Å². The van der Waals surface area contributed by atoms with Gasteiger partial charge in [-0.1, -0.05) is 12.1 Å². The summed E-state index contributed by atoms with van der Waals surface area (Å²) in [5.74, 6) is -1.02. The van der Waals surface area contributed by atoms with Gasteiger partial charge in [-0.05, 0) is 23.6 Å². The first kappa shape index (κ1) is 16.9. The molecule has 1 amide bonds. The average Bonchev–Trinajstić information content (AvgIpc) is 3.03. The molecule has 2 saturated heterocycles. The molecule has 2 aliphatic rings. The number of nitrogens with zero attached hydrogens (tertiary/aromatic N) is 2. The van der Waals surface area contributed by atoms with Gasteiger partial charge in [-0.15, -0.1) is 0 Å². The van der Waals surface area contributed by atoms with Gasteiger partial charge in [0.25, 0.3) is 0 Å². The molecule has 3 atom stereocenters. The molecule has 2 heterocycles. The fraction of sp³-hybridized carbons (Fsp3) is 0.529. The Morgan fingerprint density at radius 2 is 2.12 bits per heavy atom. The predicted molar refractivity (Wildman–Crippen MR) is 83.8 cm³/mol. The number of methoxy groups -OCH3 is 1. The SMILES string of the molecule is COCC(=O)N1C[C@H]2CN(CC(=O)O)C[C@H]2[C@@H]1c1cccc(F)c1. The van der Waals surface area contributed by atoms with Crippen molar-refractivity contribution in [2.45, 2.75) is 6.04 Å². The lowest BCUT2D eigenvalue weighted by molar-refractivity contribution is -0.139. The van der Waals surface area contributed by atoms with Crippen LogP contribution < -0.4 is 0 Å². The lowest BCUT2D eigenvalue weighted by atomic mass is 9.89. The lowest BCUT2D eigenvalue weighted by Crippen LogP contribution is -2.38. The summed E-state index contributed by atoms with van der Waals surface area (Å²) < 4.78 is 18.6. The molecule has 0 radical (unpaired) electrons. The van der Waals surface area contributed by atoms with Gasteiger partial charge >= 0.3 is 5.97 Å². The number of carboxylic acids is 1. The van der Waals surface area contributed by atoms with E-state index in [4.69, 9.17) is 9.84 Å². The van der Waals surface area contributed by atoms with Crippen molar-refractivity contribution in [3.05, 3.63) is 35.6 Å². The van der Waals surface area contributed by atoms with Crippen molar-refractivity contribution in [3.8, 4) is 0 Å². The van der Waals surface area contributed by atoms with Crippen LogP contribution in [0.2, 0.25) is 0 Å². The van der Waals surface area contributed by atoms with Crippen LogP contribution in [0.15, 0.2) is 24.3 Å². The van der Waals surface area contributed by atoms with E-state index in [1.54, 1.807) is 11.0 Å². The van der Waals surface area contributed by atoms with Crippen LogP contribution in [0.5, 0.6) is 0 Å². The summed E-state index contributed by atoms with van der Waals surface area (Å²) in [5.41, 5.74) is 0.754. The zero-order valence-corrected chi connectivity index (χ0v) is 13.5. The number of rotatable bonds is 5. The number of benzene rings is 1. The molecule has 0 bridgehead atoms. The second kappa shape index (κ2) is 6.86. The Balaban J connectivity index is 1.86. The van der Waals surface area contributed by atoms with Crippen LogP contribution in [0.4, 0.5) is 4.39 Å². The highest BCUT2D eigenvalue weighted by molar-refractivity contribution is 5.78. The highest BCUT2D eigenvalue weighted by Crippen LogP contribution is 2.45. The van der Waals surface area contributed by atoms with Crippen LogP contribution in [0, 0.1) is 17.7 Å². The number of fused-ring (bicyclic) bond motifs is 1. The van der Waals surface area contributed by atoms with Gasteiger partial charge in [0.15, 0.2) is 0 Å². The second-order valence-corrected chi connectivity index (χ2v) is 6.49. The molecule has 0 aromatic heterocycles. The molecule has 0 unspecified atom stereocenters. The van der Waals surface area contributed by atoms with Gasteiger partial charge in [0.2, 0.25) is 5.91 Å². The first-order valence-electron chi connectivity index (χ1n) is 7.97. The molecular weight excluding hydrogens is 315 g/mol. The van der Waals surface area contributed by atoms with Crippen molar-refractivity contribution < 1.29 is 23.8 Å². The van der Waals surface area contributed by atoms with Crippen molar-refractivity contribution in [1.82, 2.24) is 9.80 Å². The van der Waals surface area contributed by atoms with E-state index in [-0.39, 0.29) is 42.8 Å². The number of amides is 1. The van der Waals surface area contributed by atoms with Crippen molar-refractivity contribution in [2.24, 2.45) is 11.8 Å². The first-order valence-corrected chi connectivity index (χ1v) is 7.97. The minimum Gasteiger partial charge on any atom is -0.480 e. The molecular formula is C17H21FN2O4. The highest BCUT2D eigenvalue weighted by Gasteiger charge is 2.49. The van der Waals surface area contributed by atoms with Crippen LogP contribution in [-0.2, 0) is 14.3 Å². The molecule has 1 N–H and O–H groups in total. The van der Waals surface area contributed by atoms with Crippen molar-refractivity contribution >= 4 is 11.9 Å². The minimum absolute atomic E-state index is 0.00507. The van der Waals surface area contributed by atoms with Crippen LogP contribution in [0.1, 0.15) is 11.6 Å². The molecule has 7 heteroatoms. The summed E-state index contributed by atoms with van der Waals surface area (Å²) in [7, 11) is 1.47. The smallest absolute Gasteiger partial charge is 0.317 e. The average molecular weight is 336 g/mol. The fourth-order valence-corrected chi connectivity index (χ4v) is 4.04. The third kappa shape index (κ3) is 3.27. The second-order valence-electron chi connectivity index (χ2n) is 6.49. The highest BCUT2D eigenvalue weighted by atomic mass is 19.1. The Kier molecular flexibility index (Phi) is 4.82. The zero-order chi connectivity index (χ0) is 17.3. The molecule has 1 aromatic rings. The number of halogens is 1. The van der Waals surface area contributed by atoms with Crippen LogP contribution in [0.25, 0.3) is 0 Å². The number of aliphatic carboxylic acids is 1. The molecule has 0 saturated carbocycles. The van der Waals surface area contributed by atoms with Crippen molar-refractivity contribution in [3.63, 3.8) is 0 Å². The molecule has 2 aliphatic heterocycles. The van der Waals surface area contributed by atoms with E-state index in [0.717, 1.165) is 5.56 Å². The van der Waals surface area contributed by atoms with Gasteiger partial charge in [0.1, 0.15) is 12.4 Å². The number of likely N-dealkylation sites (tertiary alicyclic amines) is 2. The Bertz CT molecular complexity index is 639. The summed E-state index contributed by atoms with van der Waals surface area (Å²) >= 11 is 0. The van der Waals surface area contributed by atoms with Gasteiger partial charge in [0, 0.05) is 32.7 Å². The van der Waals surface area contributed by atoms with Crippen molar-refractivity contribution in [2.75, 3.05) is 39.9 Å². The van der Waals surface area contributed by atoms with E-state index in [1.807, 2.05) is 11.0 Å². The number of hydrogen-bond acceptors (Lipinski definition) is 4. The molecule has 3 rings (SSSR count). The van der Waals surface area contributed by atoms with Crippen LogP contribution >= 0.6 is 0 Å². The third-order valence-corrected chi connectivity index (χ3v) is 4.88. The van der Waals surface area contributed by atoms with Gasteiger partial charge in [-0.2, -0.15) is 0 Å². The number of carboxylic acid groups (broad SMARTS) is 1. The Labute approximate surface area is 139 Å². The number of hydrogen-bond donors (Lipinski definition) is 1. The summed E-state index contributed by atoms with van der Waals surface area (Å²) in [6, 6.07) is 6.05. The minimum atomic E-state index is -0.857. The molecule has 1 aromatic carbocycles. The number of carbonyl (C=O) groups is 2. The summed E-state index contributed by atoms with van der Waals surface area (Å²) in [6.45, 7) is 1.76. The lowest BCUT2D eigenvalue weighted by Gasteiger charge is -2.29. The van der Waals surface area contributed by atoms with Gasteiger partial charge in [-0.3, -0.25) is 14.5 Å². The van der Waals surface area contributed by atoms with E-state index < -0.39 is 5.97 Å².